The predicted molar refractivity (Wildman–Crippen MR) is 264 cm³/mol. The van der Waals surface area contributed by atoms with Crippen molar-refractivity contribution < 1.29 is 4.42 Å². The van der Waals surface area contributed by atoms with Crippen LogP contribution < -0.4 is 4.90 Å². The minimum absolute atomic E-state index is 0.878. The summed E-state index contributed by atoms with van der Waals surface area (Å²) in [6, 6.07) is 87.1. The monoisotopic (exact) mass is 804 g/mol. The van der Waals surface area contributed by atoms with Gasteiger partial charge in [0.1, 0.15) is 11.2 Å². The summed E-state index contributed by atoms with van der Waals surface area (Å²) in [6.07, 6.45) is 0. The van der Waals surface area contributed by atoms with Crippen LogP contribution in [0.25, 0.3) is 93.9 Å². The molecule has 296 valence electrons. The Kier molecular flexibility index (Phi) is 8.83. The molecule has 10 aromatic carbocycles. The Bertz CT molecular complexity index is 3560. The molecule has 0 fully saturated rings. The number of para-hydroxylation sites is 4. The van der Waals surface area contributed by atoms with Crippen LogP contribution in [0.3, 0.4) is 0 Å². The highest BCUT2D eigenvalue weighted by molar-refractivity contribution is 6.09. The van der Waals surface area contributed by atoms with E-state index in [9.17, 15) is 0 Å². The average molecular weight is 805 g/mol. The lowest BCUT2D eigenvalue weighted by molar-refractivity contribution is 0.669. The molecule has 12 rings (SSSR count). The molecule has 3 heteroatoms. The van der Waals surface area contributed by atoms with Gasteiger partial charge in [0.05, 0.1) is 16.7 Å². The molecule has 0 aliphatic carbocycles. The molecule has 0 bridgehead atoms. The third-order valence-corrected chi connectivity index (χ3v) is 12.4. The number of hydrogen-bond acceptors (Lipinski definition) is 2. The Balaban J connectivity index is 0.966. The largest absolute Gasteiger partial charge is 0.456 e. The van der Waals surface area contributed by atoms with Crippen molar-refractivity contribution in [3.8, 4) is 50.2 Å². The Morgan fingerprint density at radius 2 is 0.825 bits per heavy atom. The Labute approximate surface area is 366 Å². The van der Waals surface area contributed by atoms with E-state index >= 15 is 0 Å². The van der Waals surface area contributed by atoms with Gasteiger partial charge in [-0.15, -0.1) is 0 Å². The Morgan fingerprint density at radius 1 is 0.302 bits per heavy atom. The van der Waals surface area contributed by atoms with Crippen LogP contribution in [0.2, 0.25) is 0 Å². The summed E-state index contributed by atoms with van der Waals surface area (Å²) >= 11 is 0. The molecular weight excluding hydrogens is 765 g/mol. The van der Waals surface area contributed by atoms with E-state index in [0.717, 1.165) is 72.5 Å². The standard InChI is InChI=1S/C60H40N2O/c1-2-14-41(15-3-1)42-28-30-43(31-29-42)45-16-12-18-49(38-45)61(56-24-8-4-20-51(56)47-34-37-55-54-23-7-11-27-59(54)63-60(55)40-47)48-35-32-44(33-36-48)46-17-13-19-50(39-46)62-57-25-9-5-21-52(57)53-22-6-10-26-58(53)62/h1-40H. The number of benzene rings is 10. The fraction of sp³-hybridized carbons (Fsp3) is 0. The lowest BCUT2D eigenvalue weighted by Crippen LogP contribution is -2.11. The van der Waals surface area contributed by atoms with E-state index in [2.05, 4.69) is 240 Å². The van der Waals surface area contributed by atoms with E-state index in [1.165, 1.54) is 38.5 Å². The molecule has 0 aliphatic rings. The van der Waals surface area contributed by atoms with Crippen molar-refractivity contribution >= 4 is 60.8 Å². The molecule has 12 aromatic rings. The van der Waals surface area contributed by atoms with Gasteiger partial charge < -0.3 is 13.9 Å². The molecule has 0 spiro atoms. The van der Waals surface area contributed by atoms with Crippen molar-refractivity contribution in [2.75, 3.05) is 4.90 Å². The molecule has 0 saturated heterocycles. The number of furan rings is 1. The molecule has 0 aliphatic heterocycles. The van der Waals surface area contributed by atoms with Crippen molar-refractivity contribution in [1.29, 1.82) is 0 Å². The van der Waals surface area contributed by atoms with Gasteiger partial charge in [-0.1, -0.05) is 170 Å². The lowest BCUT2D eigenvalue weighted by Gasteiger charge is -2.28. The molecule has 0 N–H and O–H groups in total. The van der Waals surface area contributed by atoms with Crippen molar-refractivity contribution in [2.45, 2.75) is 0 Å². The molecule has 63 heavy (non-hydrogen) atoms. The van der Waals surface area contributed by atoms with Crippen LogP contribution in [-0.2, 0) is 0 Å². The molecular formula is C60H40N2O. The van der Waals surface area contributed by atoms with Crippen LogP contribution in [0.1, 0.15) is 0 Å². The van der Waals surface area contributed by atoms with E-state index in [1.807, 2.05) is 12.1 Å². The summed E-state index contributed by atoms with van der Waals surface area (Å²) in [4.78, 5) is 2.39. The quantitative estimate of drug-likeness (QED) is 0.153. The van der Waals surface area contributed by atoms with Crippen molar-refractivity contribution in [2.24, 2.45) is 0 Å². The topological polar surface area (TPSA) is 21.3 Å². The van der Waals surface area contributed by atoms with E-state index in [0.29, 0.717) is 0 Å². The number of rotatable bonds is 8. The van der Waals surface area contributed by atoms with Gasteiger partial charge in [0.25, 0.3) is 0 Å². The van der Waals surface area contributed by atoms with Crippen LogP contribution in [-0.4, -0.2) is 4.57 Å². The fourth-order valence-corrected chi connectivity index (χ4v) is 9.37. The highest BCUT2D eigenvalue weighted by Gasteiger charge is 2.20. The SMILES string of the molecule is c1ccc(-c2ccc(-c3cccc(N(c4ccc(-c5cccc(-n6c7ccccc7c7ccccc76)c5)cc4)c4ccccc4-c4ccc5c(c4)oc4ccccc45)c3)cc2)cc1. The highest BCUT2D eigenvalue weighted by atomic mass is 16.3. The van der Waals surface area contributed by atoms with Crippen LogP contribution in [0.15, 0.2) is 247 Å². The van der Waals surface area contributed by atoms with Gasteiger partial charge in [-0.3, -0.25) is 0 Å². The zero-order chi connectivity index (χ0) is 41.7. The van der Waals surface area contributed by atoms with Gasteiger partial charge in [0.15, 0.2) is 0 Å². The zero-order valence-corrected chi connectivity index (χ0v) is 34.4. The summed E-state index contributed by atoms with van der Waals surface area (Å²) in [5.41, 5.74) is 17.8. The number of hydrogen-bond donors (Lipinski definition) is 0. The number of fused-ring (bicyclic) bond motifs is 6. The zero-order valence-electron chi connectivity index (χ0n) is 34.4. The molecule has 0 saturated carbocycles. The van der Waals surface area contributed by atoms with Crippen molar-refractivity contribution in [1.82, 2.24) is 4.57 Å². The van der Waals surface area contributed by atoms with Gasteiger partial charge in [-0.25, -0.2) is 0 Å². The second-order valence-corrected chi connectivity index (χ2v) is 16.1. The highest BCUT2D eigenvalue weighted by Crippen LogP contribution is 2.44. The van der Waals surface area contributed by atoms with Crippen LogP contribution in [0.4, 0.5) is 17.1 Å². The van der Waals surface area contributed by atoms with Crippen LogP contribution in [0, 0.1) is 0 Å². The van der Waals surface area contributed by atoms with E-state index in [4.69, 9.17) is 4.42 Å². The van der Waals surface area contributed by atoms with Gasteiger partial charge in [-0.05, 0) is 112 Å². The maximum absolute atomic E-state index is 6.40. The van der Waals surface area contributed by atoms with Gasteiger partial charge in [-0.2, -0.15) is 0 Å². The molecule has 2 aromatic heterocycles. The number of nitrogens with zero attached hydrogens (tertiary/aromatic N) is 2. The summed E-state index contributed by atoms with van der Waals surface area (Å²) in [7, 11) is 0. The van der Waals surface area contributed by atoms with Crippen molar-refractivity contribution in [3.05, 3.63) is 243 Å². The first-order valence-electron chi connectivity index (χ1n) is 21.5. The van der Waals surface area contributed by atoms with Gasteiger partial charge in [0.2, 0.25) is 0 Å². The lowest BCUT2D eigenvalue weighted by atomic mass is 9.98. The average Bonchev–Trinajstić information content (AvgIpc) is 3.90. The molecule has 3 nitrogen and oxygen atoms in total. The molecule has 2 heterocycles. The van der Waals surface area contributed by atoms with Crippen LogP contribution >= 0.6 is 0 Å². The first-order chi connectivity index (χ1) is 31.2. The molecule has 0 amide bonds. The minimum Gasteiger partial charge on any atom is -0.456 e. The van der Waals surface area contributed by atoms with Crippen molar-refractivity contribution in [3.63, 3.8) is 0 Å². The van der Waals surface area contributed by atoms with E-state index in [1.54, 1.807) is 0 Å². The fourth-order valence-electron chi connectivity index (χ4n) is 9.37. The summed E-state index contributed by atoms with van der Waals surface area (Å²) in [5.74, 6) is 0. The number of anilines is 3. The molecule has 0 radical (unpaired) electrons. The van der Waals surface area contributed by atoms with Crippen LogP contribution in [0.5, 0.6) is 0 Å². The first-order valence-corrected chi connectivity index (χ1v) is 21.5. The second-order valence-electron chi connectivity index (χ2n) is 16.1. The maximum Gasteiger partial charge on any atom is 0.136 e. The third kappa shape index (κ3) is 6.46. The first kappa shape index (κ1) is 36.5. The summed E-state index contributed by atoms with van der Waals surface area (Å²) in [6.45, 7) is 0. The Hall–Kier alpha value is -8.40. The normalized spacial score (nSPS) is 11.5. The van der Waals surface area contributed by atoms with Gasteiger partial charge in [0, 0.05) is 44.2 Å². The summed E-state index contributed by atoms with van der Waals surface area (Å²) in [5, 5.41) is 4.76. The molecule has 0 unspecified atom stereocenters. The smallest absolute Gasteiger partial charge is 0.136 e. The maximum atomic E-state index is 6.40. The van der Waals surface area contributed by atoms with Gasteiger partial charge >= 0.3 is 0 Å². The second kappa shape index (κ2) is 15.3. The Morgan fingerprint density at radius 3 is 1.57 bits per heavy atom. The van der Waals surface area contributed by atoms with E-state index in [-0.39, 0.29) is 0 Å². The predicted octanol–water partition coefficient (Wildman–Crippen LogP) is 16.8. The third-order valence-electron chi connectivity index (χ3n) is 12.4. The number of aromatic nitrogens is 1. The molecule has 0 atom stereocenters. The van der Waals surface area contributed by atoms with E-state index < -0.39 is 0 Å². The summed E-state index contributed by atoms with van der Waals surface area (Å²) < 4.78 is 8.78. The minimum atomic E-state index is 0.878.